The molecular weight excluding hydrogens is 957 g/mol. The Labute approximate surface area is 405 Å². The molecule has 0 heterocycles. The maximum atomic E-state index is 13.5. The van der Waals surface area contributed by atoms with Crippen molar-refractivity contribution in [3.63, 3.8) is 0 Å². The van der Waals surface area contributed by atoms with Gasteiger partial charge in [0, 0.05) is 25.1 Å². The highest BCUT2D eigenvalue weighted by molar-refractivity contribution is 7.80. The molecule has 0 saturated heterocycles. The van der Waals surface area contributed by atoms with Crippen LogP contribution in [-0.2, 0) is 62.3 Å². The number of nitrogens with one attached hydrogen (secondary N) is 9. The number of thiol groups is 1. The van der Waals surface area contributed by atoms with Gasteiger partial charge in [0.15, 0.2) is 5.96 Å². The van der Waals surface area contributed by atoms with Crippen LogP contribution in [0.5, 0.6) is 0 Å². The Morgan fingerprint density at radius 2 is 0.957 bits per heavy atom. The van der Waals surface area contributed by atoms with Gasteiger partial charge in [0.1, 0.15) is 42.8 Å². The van der Waals surface area contributed by atoms with Gasteiger partial charge in [0.25, 0.3) is 0 Å². The van der Waals surface area contributed by atoms with Gasteiger partial charge in [0.2, 0.25) is 53.2 Å². The van der Waals surface area contributed by atoms with Crippen molar-refractivity contribution in [2.45, 2.75) is 113 Å². The molecule has 7 atom stereocenters. The first-order chi connectivity index (χ1) is 32.8. The molecule has 0 aromatic carbocycles. The van der Waals surface area contributed by atoms with Crippen molar-refractivity contribution < 1.29 is 82.8 Å². The Balaban J connectivity index is 5.91. The van der Waals surface area contributed by atoms with E-state index >= 15 is 0 Å². The molecule has 394 valence electrons. The minimum Gasteiger partial charge on any atom is -0.481 e. The quantitative estimate of drug-likeness (QED) is 0.0120. The summed E-state index contributed by atoms with van der Waals surface area (Å²) in [6.45, 7) is -1.06. The highest BCUT2D eigenvalue weighted by Crippen LogP contribution is 2.06. The molecular formula is C38H64N14O17S. The third kappa shape index (κ3) is 28.1. The molecule has 70 heavy (non-hydrogen) atoms. The Morgan fingerprint density at radius 1 is 0.500 bits per heavy atom. The number of hydrogen-bond acceptors (Lipinski definition) is 17. The average Bonchev–Trinajstić information content (AvgIpc) is 3.28. The lowest BCUT2D eigenvalue weighted by Gasteiger charge is -2.24. The van der Waals surface area contributed by atoms with Crippen LogP contribution in [-0.4, -0.2) is 184 Å². The number of unbranched alkanes of at least 4 members (excludes halogenated alkanes) is 1. The van der Waals surface area contributed by atoms with E-state index in [-0.39, 0.29) is 44.7 Å². The van der Waals surface area contributed by atoms with Crippen molar-refractivity contribution in [1.29, 1.82) is 0 Å². The van der Waals surface area contributed by atoms with E-state index in [1.54, 1.807) is 0 Å². The second kappa shape index (κ2) is 34.0. The summed E-state index contributed by atoms with van der Waals surface area (Å²) in [5, 5.41) is 56.3. The number of carbonyl (C=O) groups excluding carboxylic acids is 9. The number of hydrogen-bond donors (Lipinski definition) is 18. The van der Waals surface area contributed by atoms with E-state index in [2.05, 4.69) is 60.2 Å². The number of carboxylic acid groups (broad SMARTS) is 4. The zero-order chi connectivity index (χ0) is 53.5. The summed E-state index contributed by atoms with van der Waals surface area (Å²) >= 11 is 4.00. The number of aliphatic imine (C=N–C) groups is 1. The fourth-order valence-corrected chi connectivity index (χ4v) is 5.90. The molecule has 0 aromatic rings. The highest BCUT2D eigenvalue weighted by Gasteiger charge is 2.32. The van der Waals surface area contributed by atoms with Crippen LogP contribution in [0.3, 0.4) is 0 Å². The van der Waals surface area contributed by atoms with Crippen molar-refractivity contribution in [1.82, 2.24) is 47.9 Å². The first-order valence-electron chi connectivity index (χ1n) is 21.4. The fourth-order valence-electron chi connectivity index (χ4n) is 5.65. The lowest BCUT2D eigenvalue weighted by molar-refractivity contribution is -0.141. The summed E-state index contributed by atoms with van der Waals surface area (Å²) < 4.78 is 0. The summed E-state index contributed by atoms with van der Waals surface area (Å²) in [6, 6.07) is -10.4. The van der Waals surface area contributed by atoms with Crippen molar-refractivity contribution >= 4 is 95.6 Å². The van der Waals surface area contributed by atoms with Gasteiger partial charge in [0.05, 0.1) is 25.6 Å². The average molecular weight is 1020 g/mol. The van der Waals surface area contributed by atoms with Crippen LogP contribution in [0.15, 0.2) is 4.99 Å². The van der Waals surface area contributed by atoms with E-state index in [9.17, 15) is 67.4 Å². The number of aliphatic carboxylic acids is 4. The van der Waals surface area contributed by atoms with E-state index < -0.39 is 170 Å². The minimum atomic E-state index is -1.86. The van der Waals surface area contributed by atoms with Crippen LogP contribution in [0.2, 0.25) is 0 Å². The van der Waals surface area contributed by atoms with Crippen LogP contribution < -0.4 is 70.8 Å². The maximum Gasteiger partial charge on any atom is 0.322 e. The zero-order valence-electron chi connectivity index (χ0n) is 38.2. The monoisotopic (exact) mass is 1020 g/mol. The number of nitrogens with zero attached hydrogens (tertiary/aromatic N) is 1. The Hall–Kier alpha value is -7.35. The van der Waals surface area contributed by atoms with Crippen molar-refractivity contribution in [3.8, 4) is 0 Å². The summed E-state index contributed by atoms with van der Waals surface area (Å²) in [6.07, 6.45) is -2.02. The number of nitrogens with two attached hydrogens (primary N) is 4. The molecule has 32 heteroatoms. The molecule has 0 aromatic heterocycles. The van der Waals surface area contributed by atoms with Crippen LogP contribution in [0.25, 0.3) is 0 Å². The van der Waals surface area contributed by atoms with E-state index in [0.29, 0.717) is 12.8 Å². The van der Waals surface area contributed by atoms with Crippen LogP contribution >= 0.6 is 12.6 Å². The predicted octanol–water partition coefficient (Wildman–Crippen LogP) is -8.01. The second-order valence-corrected chi connectivity index (χ2v) is 15.6. The number of amides is 9. The van der Waals surface area contributed by atoms with Gasteiger partial charge < -0.3 is 91.2 Å². The van der Waals surface area contributed by atoms with Gasteiger partial charge in [-0.25, -0.2) is 0 Å². The Kier molecular flexibility index (Phi) is 30.4. The van der Waals surface area contributed by atoms with Crippen molar-refractivity contribution in [2.24, 2.45) is 27.9 Å². The molecule has 0 saturated carbocycles. The molecule has 0 spiro atoms. The van der Waals surface area contributed by atoms with Gasteiger partial charge in [-0.15, -0.1) is 0 Å². The van der Waals surface area contributed by atoms with Gasteiger partial charge in [-0.2, -0.15) is 12.6 Å². The molecule has 31 nitrogen and oxygen atoms in total. The lowest BCUT2D eigenvalue weighted by atomic mass is 10.1. The van der Waals surface area contributed by atoms with Gasteiger partial charge in [-0.1, -0.05) is 0 Å². The molecule has 21 N–H and O–H groups in total. The Morgan fingerprint density at radius 3 is 1.47 bits per heavy atom. The normalized spacial score (nSPS) is 13.6. The van der Waals surface area contributed by atoms with E-state index in [4.69, 9.17) is 38.3 Å². The van der Waals surface area contributed by atoms with Crippen molar-refractivity contribution in [2.75, 3.05) is 38.5 Å². The smallest absolute Gasteiger partial charge is 0.322 e. The summed E-state index contributed by atoms with van der Waals surface area (Å²) in [7, 11) is 0. The van der Waals surface area contributed by atoms with Crippen LogP contribution in [0, 0.1) is 0 Å². The molecule has 0 rings (SSSR count). The summed E-state index contributed by atoms with van der Waals surface area (Å²) in [5.74, 6) is -15.2. The fraction of sp³-hybridized carbons (Fsp3) is 0.632. The second-order valence-electron chi connectivity index (χ2n) is 15.2. The third-order valence-corrected chi connectivity index (χ3v) is 9.69. The first-order valence-corrected chi connectivity index (χ1v) is 22.1. The molecule has 0 bridgehead atoms. The third-order valence-electron chi connectivity index (χ3n) is 9.32. The molecule has 0 radical (unpaired) electrons. The topological polar surface area (TPSA) is 528 Å². The molecule has 0 aliphatic carbocycles. The number of carboxylic acids is 4. The van der Waals surface area contributed by atoms with E-state index in [1.807, 2.05) is 5.32 Å². The van der Waals surface area contributed by atoms with E-state index in [0.717, 1.165) is 6.92 Å². The van der Waals surface area contributed by atoms with Crippen LogP contribution in [0.4, 0.5) is 0 Å². The number of guanidine groups is 1. The standard InChI is InChI=1S/C38H64N14O17S/c1-18(31(63)52-24(17-70)37(69)51-22(8-10-28(57)58)34(66)46-16-30(61)62)47-36(68)23(13-29(59)60)49-26(54)15-45-33(65)20(6-4-12-43-38(41)42)50-35(67)21(5-2-3-11-39)48-25(53)14-44-32(64)19(40)7-9-27(55)56/h18-24,70H,2-17,39-40H2,1H3,(H,44,64)(H,45,65)(H,46,66)(H,47,68)(H,48,53)(H,49,54)(H,50,67)(H,51,69)(H,52,63)(H,55,56)(H,57,58)(H,59,60)(H,61,62)(H4,41,42,43)/t18-,19-,20-,21-,22-,23-,24-/m0/s1. The number of rotatable bonds is 36. The Bertz CT molecular complexity index is 1900. The van der Waals surface area contributed by atoms with Crippen molar-refractivity contribution in [3.05, 3.63) is 0 Å². The molecule has 0 unspecified atom stereocenters. The molecule has 0 aliphatic heterocycles. The minimum absolute atomic E-state index is 0.0116. The highest BCUT2D eigenvalue weighted by atomic mass is 32.1. The first kappa shape index (κ1) is 62.6. The van der Waals surface area contributed by atoms with Gasteiger partial charge in [-0.3, -0.25) is 67.3 Å². The number of carbonyl (C=O) groups is 13. The maximum absolute atomic E-state index is 13.5. The van der Waals surface area contributed by atoms with Gasteiger partial charge >= 0.3 is 23.9 Å². The molecule has 9 amide bonds. The van der Waals surface area contributed by atoms with Gasteiger partial charge in [-0.05, 0) is 58.4 Å². The van der Waals surface area contributed by atoms with Crippen LogP contribution in [0.1, 0.15) is 71.1 Å². The molecule has 0 fully saturated rings. The summed E-state index contributed by atoms with van der Waals surface area (Å²) in [5.41, 5.74) is 22.0. The largest absolute Gasteiger partial charge is 0.481 e. The lowest BCUT2D eigenvalue weighted by Crippen LogP contribution is -2.59. The summed E-state index contributed by atoms with van der Waals surface area (Å²) in [4.78, 5) is 165. The predicted molar refractivity (Wildman–Crippen MR) is 245 cm³/mol. The van der Waals surface area contributed by atoms with E-state index in [1.165, 1.54) is 0 Å². The molecule has 0 aliphatic rings. The zero-order valence-corrected chi connectivity index (χ0v) is 39.0. The SMILES string of the molecule is C[C@H](NC(=O)[C@H](CC(=O)O)NC(=O)CNC(=O)[C@H](CCCN=C(N)N)NC(=O)[C@H](CCCCN)NC(=O)CNC(=O)[C@@H](N)CCC(=O)O)C(=O)N[C@@H](CS)C(=O)N[C@@H](CCC(=O)O)C(=O)NCC(=O)O.